The van der Waals surface area contributed by atoms with Gasteiger partial charge in [-0.1, -0.05) is 6.42 Å². The van der Waals surface area contributed by atoms with Gasteiger partial charge in [-0.15, -0.1) is 36.2 Å². The monoisotopic (exact) mass is 339 g/mol. The normalized spacial score (nSPS) is 22.6. The molecule has 1 aromatic heterocycles. The van der Waals surface area contributed by atoms with Crippen LogP contribution in [0.3, 0.4) is 0 Å². The van der Waals surface area contributed by atoms with Crippen molar-refractivity contribution >= 4 is 42.1 Å². The van der Waals surface area contributed by atoms with E-state index < -0.39 is 0 Å². The lowest BCUT2D eigenvalue weighted by Crippen LogP contribution is -2.33. The van der Waals surface area contributed by atoms with Crippen molar-refractivity contribution in [1.82, 2.24) is 10.3 Å². The van der Waals surface area contributed by atoms with Crippen LogP contribution in [-0.2, 0) is 4.79 Å². The number of hydrogen-bond acceptors (Lipinski definition) is 4. The van der Waals surface area contributed by atoms with E-state index in [0.29, 0.717) is 12.3 Å². The molecule has 1 fully saturated rings. The van der Waals surface area contributed by atoms with Gasteiger partial charge in [0.25, 0.3) is 0 Å². The second-order valence-corrected chi connectivity index (χ2v) is 6.20. The Labute approximate surface area is 136 Å². The number of nitrogens with one attached hydrogen (secondary N) is 1. The smallest absolute Gasteiger partial charge is 0.220 e. The van der Waals surface area contributed by atoms with Crippen LogP contribution < -0.4 is 11.1 Å². The molecule has 1 aromatic rings. The summed E-state index contributed by atoms with van der Waals surface area (Å²) in [6.07, 6.45) is 3.84. The van der Waals surface area contributed by atoms with Crippen molar-refractivity contribution in [3.05, 3.63) is 16.1 Å². The van der Waals surface area contributed by atoms with Crippen molar-refractivity contribution in [2.45, 2.75) is 51.6 Å². The number of rotatable bonds is 4. The summed E-state index contributed by atoms with van der Waals surface area (Å²) in [4.78, 5) is 16.3. The third-order valence-corrected chi connectivity index (χ3v) is 4.42. The van der Waals surface area contributed by atoms with E-state index in [1.54, 1.807) is 11.3 Å². The number of nitrogens with two attached hydrogens (primary N) is 1. The Balaban J connectivity index is 0.00000180. The predicted octanol–water partition coefficient (Wildman–Crippen LogP) is 2.99. The molecule has 0 saturated heterocycles. The summed E-state index contributed by atoms with van der Waals surface area (Å²) in [6.45, 7) is 3.95. The van der Waals surface area contributed by atoms with Gasteiger partial charge >= 0.3 is 0 Å². The Bertz CT molecular complexity index is 428. The van der Waals surface area contributed by atoms with Gasteiger partial charge in [-0.2, -0.15) is 0 Å². The van der Waals surface area contributed by atoms with Gasteiger partial charge in [0.1, 0.15) is 0 Å². The van der Waals surface area contributed by atoms with Gasteiger partial charge in [-0.25, -0.2) is 4.98 Å². The third-order valence-electron chi connectivity index (χ3n) is 3.62. The number of halogens is 2. The highest BCUT2D eigenvalue weighted by atomic mass is 35.5. The number of nitrogens with zero attached hydrogens (tertiary/aromatic N) is 1. The number of hydrogen-bond donors (Lipinski definition) is 2. The molecular formula is C13H23Cl2N3OS. The fraction of sp³-hybridized carbons (Fsp3) is 0.692. The predicted molar refractivity (Wildman–Crippen MR) is 87.8 cm³/mol. The van der Waals surface area contributed by atoms with Gasteiger partial charge in [0.15, 0.2) is 0 Å². The molecular weight excluding hydrogens is 317 g/mol. The van der Waals surface area contributed by atoms with E-state index in [4.69, 9.17) is 5.73 Å². The highest BCUT2D eigenvalue weighted by molar-refractivity contribution is 7.09. The molecule has 1 heterocycles. The molecule has 1 aliphatic carbocycles. The zero-order chi connectivity index (χ0) is 13.1. The van der Waals surface area contributed by atoms with Gasteiger partial charge in [-0.3, -0.25) is 4.79 Å². The maximum Gasteiger partial charge on any atom is 0.220 e. The number of aromatic nitrogens is 1. The lowest BCUT2D eigenvalue weighted by atomic mass is 9.99. The Morgan fingerprint density at radius 1 is 1.55 bits per heavy atom. The number of thiazole rings is 1. The van der Waals surface area contributed by atoms with E-state index in [9.17, 15) is 4.79 Å². The van der Waals surface area contributed by atoms with Crippen LogP contribution in [0.2, 0.25) is 0 Å². The van der Waals surface area contributed by atoms with Gasteiger partial charge in [0.2, 0.25) is 5.91 Å². The fourth-order valence-corrected chi connectivity index (χ4v) is 3.22. The molecule has 1 aliphatic rings. The number of carbonyl (C=O) groups is 1. The van der Waals surface area contributed by atoms with Crippen LogP contribution in [0, 0.1) is 12.8 Å². The Hall–Kier alpha value is -0.360. The molecule has 0 spiro atoms. The minimum Gasteiger partial charge on any atom is -0.348 e. The molecule has 0 bridgehead atoms. The van der Waals surface area contributed by atoms with Crippen molar-refractivity contribution in [3.8, 4) is 0 Å². The maximum absolute atomic E-state index is 11.9. The molecule has 1 saturated carbocycles. The number of carbonyl (C=O) groups excluding carboxylic acids is 1. The van der Waals surface area contributed by atoms with Crippen LogP contribution in [0.15, 0.2) is 5.38 Å². The quantitative estimate of drug-likeness (QED) is 0.885. The molecule has 3 atom stereocenters. The first-order valence-corrected chi connectivity index (χ1v) is 7.41. The van der Waals surface area contributed by atoms with Crippen molar-refractivity contribution in [2.24, 2.45) is 11.7 Å². The lowest BCUT2D eigenvalue weighted by Gasteiger charge is -2.17. The molecule has 116 valence electrons. The molecule has 4 nitrogen and oxygen atoms in total. The molecule has 0 aliphatic heterocycles. The van der Waals surface area contributed by atoms with Crippen LogP contribution in [0.25, 0.3) is 0 Å². The van der Waals surface area contributed by atoms with Crippen LogP contribution in [-0.4, -0.2) is 16.9 Å². The molecule has 2 rings (SSSR count). The highest BCUT2D eigenvalue weighted by Gasteiger charge is 2.26. The Morgan fingerprint density at radius 3 is 2.75 bits per heavy atom. The summed E-state index contributed by atoms with van der Waals surface area (Å²) >= 11 is 1.61. The third kappa shape index (κ3) is 5.20. The SMILES string of the molecule is Cc1nc(C(C)NC(=O)C[C@@H]2CCC[C@H]2N)cs1.Cl.Cl. The second kappa shape index (κ2) is 8.82. The van der Waals surface area contributed by atoms with Gasteiger partial charge < -0.3 is 11.1 Å². The topological polar surface area (TPSA) is 68.0 Å². The van der Waals surface area contributed by atoms with Crippen molar-refractivity contribution in [3.63, 3.8) is 0 Å². The van der Waals surface area contributed by atoms with E-state index in [2.05, 4.69) is 10.3 Å². The van der Waals surface area contributed by atoms with E-state index in [-0.39, 0.29) is 42.8 Å². The first-order valence-electron chi connectivity index (χ1n) is 6.53. The summed E-state index contributed by atoms with van der Waals surface area (Å²) in [6, 6.07) is 0.188. The maximum atomic E-state index is 11.9. The summed E-state index contributed by atoms with van der Waals surface area (Å²) < 4.78 is 0. The van der Waals surface area contributed by atoms with Gasteiger partial charge in [0.05, 0.1) is 16.7 Å². The summed E-state index contributed by atoms with van der Waals surface area (Å²) in [5, 5.41) is 6.04. The summed E-state index contributed by atoms with van der Waals surface area (Å²) in [7, 11) is 0. The van der Waals surface area contributed by atoms with Gasteiger partial charge in [0, 0.05) is 17.8 Å². The average Bonchev–Trinajstić information content (AvgIpc) is 2.89. The molecule has 20 heavy (non-hydrogen) atoms. The lowest BCUT2D eigenvalue weighted by molar-refractivity contribution is -0.122. The van der Waals surface area contributed by atoms with Crippen LogP contribution in [0.1, 0.15) is 49.4 Å². The molecule has 0 aromatic carbocycles. The summed E-state index contributed by atoms with van der Waals surface area (Å²) in [5.41, 5.74) is 6.93. The second-order valence-electron chi connectivity index (χ2n) is 5.14. The highest BCUT2D eigenvalue weighted by Crippen LogP contribution is 2.27. The Morgan fingerprint density at radius 2 is 2.25 bits per heavy atom. The van der Waals surface area contributed by atoms with Crippen LogP contribution in [0.5, 0.6) is 0 Å². The standard InChI is InChI=1S/C13H21N3OS.2ClH/c1-8(12-7-18-9(2)16-12)15-13(17)6-10-4-3-5-11(10)14;;/h7-8,10-11H,3-6,14H2,1-2H3,(H,15,17);2*1H/t8?,10-,11+;;/m0../s1. The zero-order valence-electron chi connectivity index (χ0n) is 11.8. The molecule has 7 heteroatoms. The number of aryl methyl sites for hydroxylation is 1. The van der Waals surface area contributed by atoms with E-state index in [1.807, 2.05) is 19.2 Å². The molecule has 0 radical (unpaired) electrons. The fourth-order valence-electron chi connectivity index (χ4n) is 2.51. The summed E-state index contributed by atoms with van der Waals surface area (Å²) in [5.74, 6) is 0.449. The van der Waals surface area contributed by atoms with Crippen LogP contribution >= 0.6 is 36.2 Å². The minimum atomic E-state index is -0.0138. The van der Waals surface area contributed by atoms with E-state index in [0.717, 1.165) is 30.0 Å². The first-order chi connectivity index (χ1) is 8.56. The van der Waals surface area contributed by atoms with Crippen molar-refractivity contribution in [2.75, 3.05) is 0 Å². The van der Waals surface area contributed by atoms with E-state index in [1.165, 1.54) is 0 Å². The largest absolute Gasteiger partial charge is 0.348 e. The van der Waals surface area contributed by atoms with Crippen LogP contribution in [0.4, 0.5) is 0 Å². The molecule has 1 amide bonds. The van der Waals surface area contributed by atoms with Crippen molar-refractivity contribution in [1.29, 1.82) is 0 Å². The minimum absolute atomic E-state index is 0. The van der Waals surface area contributed by atoms with E-state index >= 15 is 0 Å². The first kappa shape index (κ1) is 19.6. The molecule has 1 unspecified atom stereocenters. The molecule has 3 N–H and O–H groups in total. The number of amides is 1. The Kier molecular flexibility index (Phi) is 8.66. The average molecular weight is 340 g/mol. The van der Waals surface area contributed by atoms with Gasteiger partial charge in [-0.05, 0) is 32.6 Å². The zero-order valence-corrected chi connectivity index (χ0v) is 14.2. The van der Waals surface area contributed by atoms with Crippen molar-refractivity contribution < 1.29 is 4.79 Å².